The first kappa shape index (κ1) is 13.0. The number of unbranched alkanes of at least 4 members (excludes halogenated alkanes) is 4. The van der Waals surface area contributed by atoms with Crippen LogP contribution in [0, 0.1) is 12.3 Å². The zero-order valence-corrected chi connectivity index (χ0v) is 9.08. The van der Waals surface area contributed by atoms with Gasteiger partial charge in [0.05, 0.1) is 7.11 Å². The third-order valence-corrected chi connectivity index (χ3v) is 2.09. The van der Waals surface area contributed by atoms with E-state index < -0.39 is 0 Å². The van der Waals surface area contributed by atoms with E-state index in [-0.39, 0.29) is 5.91 Å². The third-order valence-electron chi connectivity index (χ3n) is 2.09. The second kappa shape index (κ2) is 8.58. The van der Waals surface area contributed by atoms with Crippen LogP contribution >= 0.6 is 0 Å². The normalized spacial score (nSPS) is 9.50. The lowest BCUT2D eigenvalue weighted by molar-refractivity contribution is -0.168. The Labute approximate surface area is 86.4 Å². The molecule has 0 aromatic carbocycles. The number of hydroxylamine groups is 2. The van der Waals surface area contributed by atoms with Crippen LogP contribution in [0.5, 0.6) is 0 Å². The lowest BCUT2D eigenvalue weighted by Gasteiger charge is -2.12. The first-order chi connectivity index (χ1) is 6.72. The SMILES string of the molecule is C#CCCCCCCC(=O)N(C)OC. The van der Waals surface area contributed by atoms with Gasteiger partial charge < -0.3 is 0 Å². The highest BCUT2D eigenvalue weighted by Crippen LogP contribution is 2.06. The number of carbonyl (C=O) groups is 1. The predicted octanol–water partition coefficient (Wildman–Crippen LogP) is 1.98. The molecular weight excluding hydrogens is 178 g/mol. The van der Waals surface area contributed by atoms with Crippen molar-refractivity contribution in [2.75, 3.05) is 14.2 Å². The standard InChI is InChI=1S/C11H19NO2/c1-4-5-6-7-8-9-10-11(13)12(2)14-3/h1H,5-10H2,2-3H3. The average Bonchev–Trinajstić information content (AvgIpc) is 2.21. The van der Waals surface area contributed by atoms with Crippen molar-refractivity contribution < 1.29 is 9.63 Å². The number of hydrogen-bond acceptors (Lipinski definition) is 2. The van der Waals surface area contributed by atoms with E-state index in [0.29, 0.717) is 6.42 Å². The predicted molar refractivity (Wildman–Crippen MR) is 56.3 cm³/mol. The Morgan fingerprint density at radius 2 is 2.00 bits per heavy atom. The fraction of sp³-hybridized carbons (Fsp3) is 0.727. The quantitative estimate of drug-likeness (QED) is 0.355. The van der Waals surface area contributed by atoms with Gasteiger partial charge in [0.2, 0.25) is 5.91 Å². The molecule has 0 radical (unpaired) electrons. The van der Waals surface area contributed by atoms with E-state index >= 15 is 0 Å². The fourth-order valence-corrected chi connectivity index (χ4v) is 1.12. The summed E-state index contributed by atoms with van der Waals surface area (Å²) in [6.45, 7) is 0. The van der Waals surface area contributed by atoms with E-state index in [1.807, 2.05) is 0 Å². The Kier molecular flexibility index (Phi) is 7.96. The molecule has 3 heteroatoms. The van der Waals surface area contributed by atoms with Crippen LogP contribution in [0.25, 0.3) is 0 Å². The Morgan fingerprint density at radius 3 is 2.57 bits per heavy atom. The molecule has 1 amide bonds. The first-order valence-electron chi connectivity index (χ1n) is 4.96. The second-order valence-corrected chi connectivity index (χ2v) is 3.19. The molecule has 0 saturated carbocycles. The Morgan fingerprint density at radius 1 is 1.36 bits per heavy atom. The molecule has 0 bridgehead atoms. The van der Waals surface area contributed by atoms with E-state index in [2.05, 4.69) is 5.92 Å². The van der Waals surface area contributed by atoms with Gasteiger partial charge in [-0.2, -0.15) is 0 Å². The highest BCUT2D eigenvalue weighted by atomic mass is 16.7. The molecule has 0 atom stereocenters. The molecule has 0 unspecified atom stereocenters. The molecule has 3 nitrogen and oxygen atoms in total. The lowest BCUT2D eigenvalue weighted by atomic mass is 10.1. The van der Waals surface area contributed by atoms with E-state index in [1.54, 1.807) is 7.05 Å². The van der Waals surface area contributed by atoms with E-state index in [1.165, 1.54) is 12.2 Å². The lowest BCUT2D eigenvalue weighted by Crippen LogP contribution is -2.24. The summed E-state index contributed by atoms with van der Waals surface area (Å²) in [6.07, 6.45) is 10.7. The number of nitrogens with zero attached hydrogens (tertiary/aromatic N) is 1. The molecule has 80 valence electrons. The van der Waals surface area contributed by atoms with Crippen LogP contribution < -0.4 is 0 Å². The van der Waals surface area contributed by atoms with E-state index in [0.717, 1.165) is 32.1 Å². The van der Waals surface area contributed by atoms with Crippen molar-refractivity contribution in [2.45, 2.75) is 38.5 Å². The molecule has 0 fully saturated rings. The number of rotatable bonds is 7. The third kappa shape index (κ3) is 6.50. The fourth-order valence-electron chi connectivity index (χ4n) is 1.12. The monoisotopic (exact) mass is 197 g/mol. The van der Waals surface area contributed by atoms with Gasteiger partial charge in [-0.15, -0.1) is 12.3 Å². The Balaban J connectivity index is 3.28. The van der Waals surface area contributed by atoms with Crippen molar-refractivity contribution in [1.82, 2.24) is 5.06 Å². The average molecular weight is 197 g/mol. The van der Waals surface area contributed by atoms with Crippen LogP contribution in [0.15, 0.2) is 0 Å². The minimum Gasteiger partial charge on any atom is -0.275 e. The second-order valence-electron chi connectivity index (χ2n) is 3.19. The van der Waals surface area contributed by atoms with Crippen molar-refractivity contribution in [1.29, 1.82) is 0 Å². The number of carbonyl (C=O) groups excluding carboxylic acids is 1. The highest BCUT2D eigenvalue weighted by molar-refractivity contribution is 5.74. The summed E-state index contributed by atoms with van der Waals surface area (Å²) in [5.74, 6) is 2.63. The van der Waals surface area contributed by atoms with E-state index in [4.69, 9.17) is 11.3 Å². The zero-order chi connectivity index (χ0) is 10.8. The van der Waals surface area contributed by atoms with Gasteiger partial charge in [-0.25, -0.2) is 5.06 Å². The van der Waals surface area contributed by atoms with E-state index in [9.17, 15) is 4.79 Å². The van der Waals surface area contributed by atoms with Crippen LogP contribution in [0.3, 0.4) is 0 Å². The van der Waals surface area contributed by atoms with Crippen molar-refractivity contribution >= 4 is 5.91 Å². The van der Waals surface area contributed by atoms with Crippen molar-refractivity contribution in [3.63, 3.8) is 0 Å². The Bertz CT molecular complexity index is 196. The molecule has 0 spiro atoms. The molecule has 0 aromatic rings. The summed E-state index contributed by atoms with van der Waals surface area (Å²) in [4.78, 5) is 16.0. The molecule has 0 aliphatic rings. The van der Waals surface area contributed by atoms with Crippen molar-refractivity contribution in [2.24, 2.45) is 0 Å². The summed E-state index contributed by atoms with van der Waals surface area (Å²) in [5, 5.41) is 1.27. The van der Waals surface area contributed by atoms with Gasteiger partial charge in [-0.1, -0.05) is 12.8 Å². The largest absolute Gasteiger partial charge is 0.275 e. The van der Waals surface area contributed by atoms with Crippen LogP contribution in [0.1, 0.15) is 38.5 Å². The minimum absolute atomic E-state index is 0.0319. The van der Waals surface area contributed by atoms with Gasteiger partial charge in [0.25, 0.3) is 0 Å². The molecule has 0 aliphatic heterocycles. The van der Waals surface area contributed by atoms with Crippen LogP contribution in [0.4, 0.5) is 0 Å². The topological polar surface area (TPSA) is 29.5 Å². The summed E-state index contributed by atoms with van der Waals surface area (Å²) >= 11 is 0. The summed E-state index contributed by atoms with van der Waals surface area (Å²) in [7, 11) is 3.12. The molecule has 0 N–H and O–H groups in total. The Hall–Kier alpha value is -1.01. The van der Waals surface area contributed by atoms with Gasteiger partial charge in [-0.05, 0) is 12.8 Å². The minimum atomic E-state index is 0.0319. The molecule has 0 aromatic heterocycles. The molecule has 0 rings (SSSR count). The molecule has 14 heavy (non-hydrogen) atoms. The van der Waals surface area contributed by atoms with Gasteiger partial charge >= 0.3 is 0 Å². The van der Waals surface area contributed by atoms with Crippen LogP contribution in [0.2, 0.25) is 0 Å². The van der Waals surface area contributed by atoms with Crippen LogP contribution in [-0.2, 0) is 9.63 Å². The zero-order valence-electron chi connectivity index (χ0n) is 9.08. The van der Waals surface area contributed by atoms with Gasteiger partial charge in [0, 0.05) is 19.9 Å². The summed E-state index contributed by atoms with van der Waals surface area (Å²) in [5.41, 5.74) is 0. The number of hydrogen-bond donors (Lipinski definition) is 0. The number of amides is 1. The maximum atomic E-state index is 11.2. The number of terminal acetylenes is 1. The highest BCUT2D eigenvalue weighted by Gasteiger charge is 2.06. The molecule has 0 aliphatic carbocycles. The van der Waals surface area contributed by atoms with Crippen molar-refractivity contribution in [3.8, 4) is 12.3 Å². The summed E-state index contributed by atoms with van der Waals surface area (Å²) in [6, 6.07) is 0. The van der Waals surface area contributed by atoms with Gasteiger partial charge in [0.15, 0.2) is 0 Å². The van der Waals surface area contributed by atoms with Gasteiger partial charge in [0.1, 0.15) is 0 Å². The first-order valence-corrected chi connectivity index (χ1v) is 4.96. The van der Waals surface area contributed by atoms with Gasteiger partial charge in [-0.3, -0.25) is 9.63 Å². The molecular formula is C11H19NO2. The smallest absolute Gasteiger partial charge is 0.245 e. The maximum Gasteiger partial charge on any atom is 0.245 e. The molecule has 0 saturated heterocycles. The van der Waals surface area contributed by atoms with Crippen molar-refractivity contribution in [3.05, 3.63) is 0 Å². The molecule has 0 heterocycles. The maximum absolute atomic E-state index is 11.2. The summed E-state index contributed by atoms with van der Waals surface area (Å²) < 4.78 is 0. The van der Waals surface area contributed by atoms with Crippen LogP contribution in [-0.4, -0.2) is 25.1 Å².